The first-order chi connectivity index (χ1) is 12.1. The summed E-state index contributed by atoms with van der Waals surface area (Å²) in [6.45, 7) is 3.14. The van der Waals surface area contributed by atoms with Crippen molar-refractivity contribution in [2.45, 2.75) is 26.3 Å². The highest BCUT2D eigenvalue weighted by Crippen LogP contribution is 2.12. The second kappa shape index (κ2) is 7.79. The lowest BCUT2D eigenvalue weighted by Gasteiger charge is -2.22. The Morgan fingerprint density at radius 1 is 1.28 bits per heavy atom. The van der Waals surface area contributed by atoms with Crippen LogP contribution >= 0.6 is 0 Å². The number of nitrogens with zero attached hydrogens (tertiary/aromatic N) is 4. The normalized spacial score (nSPS) is 10.8. The van der Waals surface area contributed by atoms with Gasteiger partial charge in [-0.2, -0.15) is 0 Å². The molecule has 6 heteroatoms. The molecule has 0 aliphatic rings. The Hall–Kier alpha value is -2.89. The van der Waals surface area contributed by atoms with Crippen LogP contribution in [0.4, 0.5) is 0 Å². The van der Waals surface area contributed by atoms with Gasteiger partial charge in [0.15, 0.2) is 0 Å². The largest absolute Gasteiger partial charge is 0.348 e. The zero-order chi connectivity index (χ0) is 17.6. The first-order valence-corrected chi connectivity index (χ1v) is 8.43. The molecule has 0 saturated heterocycles. The van der Waals surface area contributed by atoms with Crippen LogP contribution in [-0.4, -0.2) is 36.9 Å². The highest BCUT2D eigenvalue weighted by Gasteiger charge is 2.20. The maximum absolute atomic E-state index is 12.9. The molecule has 2 aromatic heterocycles. The molecule has 0 aliphatic heterocycles. The van der Waals surface area contributed by atoms with Gasteiger partial charge in [0.05, 0.1) is 31.1 Å². The summed E-state index contributed by atoms with van der Waals surface area (Å²) >= 11 is 0. The Morgan fingerprint density at radius 3 is 2.72 bits per heavy atom. The second-order valence-corrected chi connectivity index (χ2v) is 6.18. The molecule has 1 N–H and O–H groups in total. The summed E-state index contributed by atoms with van der Waals surface area (Å²) in [5.41, 5.74) is 3.76. The van der Waals surface area contributed by atoms with Gasteiger partial charge in [-0.3, -0.25) is 4.79 Å². The van der Waals surface area contributed by atoms with Crippen LogP contribution in [0.15, 0.2) is 49.2 Å². The van der Waals surface area contributed by atoms with Gasteiger partial charge in [0.25, 0.3) is 5.91 Å². The van der Waals surface area contributed by atoms with E-state index >= 15 is 0 Å². The van der Waals surface area contributed by atoms with Gasteiger partial charge in [-0.05, 0) is 25.3 Å². The zero-order valence-corrected chi connectivity index (χ0v) is 14.6. The summed E-state index contributed by atoms with van der Waals surface area (Å²) in [4.78, 5) is 26.3. The highest BCUT2D eigenvalue weighted by molar-refractivity contribution is 5.92. The third-order valence-corrected chi connectivity index (χ3v) is 4.33. The van der Waals surface area contributed by atoms with Crippen LogP contribution in [0.25, 0.3) is 0 Å². The number of amides is 1. The van der Waals surface area contributed by atoms with E-state index in [4.69, 9.17) is 0 Å². The summed E-state index contributed by atoms with van der Waals surface area (Å²) in [7, 11) is 1.84. The predicted octanol–water partition coefficient (Wildman–Crippen LogP) is 2.73. The van der Waals surface area contributed by atoms with Crippen molar-refractivity contribution in [3.8, 4) is 0 Å². The van der Waals surface area contributed by atoms with Gasteiger partial charge in [-0.15, -0.1) is 0 Å². The third kappa shape index (κ3) is 4.15. The summed E-state index contributed by atoms with van der Waals surface area (Å²) in [6, 6.07) is 10.3. The highest BCUT2D eigenvalue weighted by atomic mass is 16.2. The Balaban J connectivity index is 1.71. The van der Waals surface area contributed by atoms with Crippen molar-refractivity contribution < 1.29 is 4.79 Å². The van der Waals surface area contributed by atoms with Gasteiger partial charge in [-0.25, -0.2) is 9.97 Å². The van der Waals surface area contributed by atoms with Crippen LogP contribution in [0.2, 0.25) is 0 Å². The first-order valence-electron chi connectivity index (χ1n) is 8.43. The van der Waals surface area contributed by atoms with Crippen molar-refractivity contribution in [2.24, 2.45) is 7.05 Å². The van der Waals surface area contributed by atoms with Crippen molar-refractivity contribution in [1.29, 1.82) is 0 Å². The van der Waals surface area contributed by atoms with E-state index in [0.29, 0.717) is 18.8 Å². The number of imidazole rings is 2. The Kier molecular flexibility index (Phi) is 5.28. The van der Waals surface area contributed by atoms with E-state index in [-0.39, 0.29) is 5.91 Å². The van der Waals surface area contributed by atoms with Crippen LogP contribution in [0, 0.1) is 6.92 Å². The molecular weight excluding hydrogens is 314 g/mol. The molecule has 130 valence electrons. The summed E-state index contributed by atoms with van der Waals surface area (Å²) in [5.74, 6) is -0.0181. The topological polar surface area (TPSA) is 66.8 Å². The van der Waals surface area contributed by atoms with Gasteiger partial charge in [0, 0.05) is 19.3 Å². The van der Waals surface area contributed by atoms with E-state index in [1.54, 1.807) is 23.4 Å². The number of aromatic nitrogens is 4. The van der Waals surface area contributed by atoms with E-state index in [1.165, 1.54) is 5.56 Å². The first kappa shape index (κ1) is 17.0. The number of aryl methyl sites for hydroxylation is 3. The Bertz CT molecular complexity index is 821. The molecule has 3 aromatic rings. The van der Waals surface area contributed by atoms with E-state index < -0.39 is 0 Å². The van der Waals surface area contributed by atoms with Crippen LogP contribution in [0.5, 0.6) is 0 Å². The van der Waals surface area contributed by atoms with E-state index in [0.717, 1.165) is 24.2 Å². The lowest BCUT2D eigenvalue weighted by Crippen LogP contribution is -2.33. The minimum atomic E-state index is -0.0181. The fourth-order valence-corrected chi connectivity index (χ4v) is 2.82. The molecular formula is C19H23N5O. The summed E-state index contributed by atoms with van der Waals surface area (Å²) in [6.07, 6.45) is 6.77. The van der Waals surface area contributed by atoms with Gasteiger partial charge in [-0.1, -0.05) is 30.3 Å². The molecule has 25 heavy (non-hydrogen) atoms. The van der Waals surface area contributed by atoms with Gasteiger partial charge in [0.2, 0.25) is 0 Å². The molecule has 0 unspecified atom stereocenters. The lowest BCUT2D eigenvalue weighted by molar-refractivity contribution is 0.0729. The van der Waals surface area contributed by atoms with Crippen LogP contribution in [0.3, 0.4) is 0 Å². The van der Waals surface area contributed by atoms with Crippen LogP contribution < -0.4 is 0 Å². The molecule has 0 atom stereocenters. The monoisotopic (exact) mass is 337 g/mol. The third-order valence-electron chi connectivity index (χ3n) is 4.33. The smallest absolute Gasteiger partial charge is 0.272 e. The summed E-state index contributed by atoms with van der Waals surface area (Å²) < 4.78 is 1.75. The Morgan fingerprint density at radius 2 is 2.08 bits per heavy atom. The molecule has 0 saturated carbocycles. The number of hydrogen-bond donors (Lipinski definition) is 1. The van der Waals surface area contributed by atoms with E-state index in [9.17, 15) is 4.79 Å². The number of aromatic amines is 1. The standard InChI is InChI=1S/C19H23N5O/c1-15-17(22-13-21-15)12-24(19(25)18-11-20-14-23(18)2)10-6-9-16-7-4-3-5-8-16/h3-5,7-8,11,13-14H,6,9-10,12H2,1-2H3,(H,21,22). The summed E-state index contributed by atoms with van der Waals surface area (Å²) in [5, 5.41) is 0. The van der Waals surface area contributed by atoms with Crippen LogP contribution in [0.1, 0.15) is 33.9 Å². The molecule has 1 aromatic carbocycles. The average Bonchev–Trinajstić information content (AvgIpc) is 3.23. The van der Waals surface area contributed by atoms with Gasteiger partial charge >= 0.3 is 0 Å². The fraction of sp³-hybridized carbons (Fsp3) is 0.316. The molecule has 0 spiro atoms. The molecule has 0 aliphatic carbocycles. The zero-order valence-electron chi connectivity index (χ0n) is 14.6. The van der Waals surface area contributed by atoms with E-state index in [1.807, 2.05) is 37.1 Å². The SMILES string of the molecule is Cc1[nH]cnc1CN(CCCc1ccccc1)C(=O)c1cncn1C. The average molecular weight is 337 g/mol. The molecule has 0 bridgehead atoms. The molecule has 0 radical (unpaired) electrons. The number of carbonyl (C=O) groups is 1. The van der Waals surface area contributed by atoms with Crippen LogP contribution in [-0.2, 0) is 20.0 Å². The number of nitrogens with one attached hydrogen (secondary N) is 1. The van der Waals surface area contributed by atoms with Crippen molar-refractivity contribution in [3.05, 3.63) is 71.8 Å². The Labute approximate surface area is 147 Å². The number of hydrogen-bond acceptors (Lipinski definition) is 3. The molecule has 2 heterocycles. The van der Waals surface area contributed by atoms with Crippen molar-refractivity contribution >= 4 is 5.91 Å². The minimum absolute atomic E-state index is 0.0181. The van der Waals surface area contributed by atoms with Crippen molar-refractivity contribution in [3.63, 3.8) is 0 Å². The number of rotatable bonds is 7. The predicted molar refractivity (Wildman–Crippen MR) is 96.0 cm³/mol. The molecule has 6 nitrogen and oxygen atoms in total. The van der Waals surface area contributed by atoms with Gasteiger partial charge in [0.1, 0.15) is 5.69 Å². The molecule has 0 fully saturated rings. The van der Waals surface area contributed by atoms with Gasteiger partial charge < -0.3 is 14.5 Å². The van der Waals surface area contributed by atoms with Crippen molar-refractivity contribution in [2.75, 3.05) is 6.54 Å². The van der Waals surface area contributed by atoms with E-state index in [2.05, 4.69) is 27.1 Å². The fourth-order valence-electron chi connectivity index (χ4n) is 2.82. The maximum Gasteiger partial charge on any atom is 0.272 e. The quantitative estimate of drug-likeness (QED) is 0.721. The maximum atomic E-state index is 12.9. The number of H-pyrrole nitrogens is 1. The molecule has 1 amide bonds. The number of benzene rings is 1. The van der Waals surface area contributed by atoms with Crippen molar-refractivity contribution in [1.82, 2.24) is 24.4 Å². The molecule has 3 rings (SSSR count). The number of carbonyl (C=O) groups excluding carboxylic acids is 1. The minimum Gasteiger partial charge on any atom is -0.348 e. The second-order valence-electron chi connectivity index (χ2n) is 6.18. The lowest BCUT2D eigenvalue weighted by atomic mass is 10.1.